The van der Waals surface area contributed by atoms with Gasteiger partial charge in [-0.1, -0.05) is 0 Å². The Hall–Kier alpha value is -1.72. The van der Waals surface area contributed by atoms with Gasteiger partial charge in [0.15, 0.2) is 0 Å². The van der Waals surface area contributed by atoms with Crippen molar-refractivity contribution in [3.8, 4) is 0 Å². The van der Waals surface area contributed by atoms with Gasteiger partial charge in [0.25, 0.3) is 0 Å². The highest BCUT2D eigenvalue weighted by molar-refractivity contribution is 5.41. The van der Waals surface area contributed by atoms with Gasteiger partial charge in [-0.25, -0.2) is 14.2 Å². The van der Waals surface area contributed by atoms with Crippen molar-refractivity contribution < 1.29 is 13.2 Å². The minimum atomic E-state index is -0.645. The lowest BCUT2D eigenvalue weighted by atomic mass is 9.95. The average Bonchev–Trinajstić information content (AvgIpc) is 2.61. The molecule has 1 heterocycles. The summed E-state index contributed by atoms with van der Waals surface area (Å²) < 4.78 is 32.7. The molecule has 0 saturated heterocycles. The lowest BCUT2D eigenvalue weighted by Crippen LogP contribution is -2.30. The molecule has 1 aromatic carbocycles. The Morgan fingerprint density at radius 3 is 2.37 bits per heavy atom. The van der Waals surface area contributed by atoms with Crippen molar-refractivity contribution in [3.63, 3.8) is 0 Å². The Morgan fingerprint density at radius 2 is 1.84 bits per heavy atom. The van der Waals surface area contributed by atoms with Crippen LogP contribution in [0.25, 0.3) is 0 Å². The van der Waals surface area contributed by atoms with Crippen LogP contribution in [0.1, 0.15) is 34.3 Å². The molecular formula is C14H16F2N2O. The molecule has 1 unspecified atom stereocenters. The first-order valence-corrected chi connectivity index (χ1v) is 5.93. The summed E-state index contributed by atoms with van der Waals surface area (Å²) in [4.78, 5) is 0. The monoisotopic (exact) mass is 266 g/mol. The molecule has 0 radical (unpaired) electrons. The number of rotatable bonds is 3. The van der Waals surface area contributed by atoms with Crippen molar-refractivity contribution in [1.82, 2.24) is 5.43 Å². The van der Waals surface area contributed by atoms with Crippen molar-refractivity contribution in [2.45, 2.75) is 26.8 Å². The second-order valence-corrected chi connectivity index (χ2v) is 4.52. The van der Waals surface area contributed by atoms with Crippen LogP contribution in [-0.2, 0) is 0 Å². The number of aryl methyl sites for hydroxylation is 2. The topological polar surface area (TPSA) is 51.2 Å². The molecule has 0 bridgehead atoms. The summed E-state index contributed by atoms with van der Waals surface area (Å²) in [5, 5.41) is 0. The summed E-state index contributed by atoms with van der Waals surface area (Å²) in [6.45, 7) is 5.46. The molecule has 5 heteroatoms. The zero-order valence-electron chi connectivity index (χ0n) is 11.1. The fourth-order valence-corrected chi connectivity index (χ4v) is 2.30. The number of benzene rings is 1. The molecule has 2 aromatic rings. The van der Waals surface area contributed by atoms with Gasteiger partial charge in [0.2, 0.25) is 0 Å². The second kappa shape index (κ2) is 5.11. The van der Waals surface area contributed by atoms with Crippen LogP contribution in [-0.4, -0.2) is 0 Å². The predicted molar refractivity (Wildman–Crippen MR) is 68.4 cm³/mol. The molecule has 0 fully saturated rings. The second-order valence-electron chi connectivity index (χ2n) is 4.52. The predicted octanol–water partition coefficient (Wildman–Crippen LogP) is 3.04. The van der Waals surface area contributed by atoms with E-state index in [2.05, 4.69) is 5.43 Å². The highest BCUT2D eigenvalue weighted by Crippen LogP contribution is 2.32. The fraction of sp³-hybridized carbons (Fsp3) is 0.286. The molecule has 1 aromatic heterocycles. The van der Waals surface area contributed by atoms with Gasteiger partial charge in [-0.3, -0.25) is 5.84 Å². The van der Waals surface area contributed by atoms with Crippen molar-refractivity contribution in [2.75, 3.05) is 0 Å². The number of hydrogen-bond donors (Lipinski definition) is 2. The van der Waals surface area contributed by atoms with Gasteiger partial charge < -0.3 is 4.42 Å². The smallest absolute Gasteiger partial charge is 0.128 e. The van der Waals surface area contributed by atoms with E-state index in [1.165, 1.54) is 0 Å². The van der Waals surface area contributed by atoms with E-state index in [9.17, 15) is 8.78 Å². The Labute approximate surface area is 110 Å². The third kappa shape index (κ3) is 2.39. The number of halogens is 2. The van der Waals surface area contributed by atoms with Crippen LogP contribution < -0.4 is 11.3 Å². The molecule has 0 aliphatic carbocycles. The first kappa shape index (κ1) is 13.7. The SMILES string of the molecule is Cc1oc(C)c(C(NN)c2cc(F)ccc2F)c1C. The van der Waals surface area contributed by atoms with Crippen molar-refractivity contribution >= 4 is 0 Å². The summed E-state index contributed by atoms with van der Waals surface area (Å²) in [6, 6.07) is 2.66. The van der Waals surface area contributed by atoms with Gasteiger partial charge in [-0.05, 0) is 44.5 Å². The first-order valence-electron chi connectivity index (χ1n) is 5.93. The summed E-state index contributed by atoms with van der Waals surface area (Å²) in [5.74, 6) is 5.88. The van der Waals surface area contributed by atoms with Crippen LogP contribution in [0.3, 0.4) is 0 Å². The Bertz CT molecular complexity index is 608. The van der Waals surface area contributed by atoms with E-state index >= 15 is 0 Å². The van der Waals surface area contributed by atoms with Crippen molar-refractivity contribution in [2.24, 2.45) is 5.84 Å². The number of nitrogens with one attached hydrogen (secondary N) is 1. The van der Waals surface area contributed by atoms with E-state index < -0.39 is 17.7 Å². The molecule has 2 rings (SSSR count). The van der Waals surface area contributed by atoms with Crippen LogP contribution in [0.4, 0.5) is 8.78 Å². The lowest BCUT2D eigenvalue weighted by Gasteiger charge is -2.18. The standard InChI is InChI=1S/C14H16F2N2O/c1-7-8(2)19-9(3)13(7)14(18-17)11-6-10(15)4-5-12(11)16/h4-6,14,18H,17H2,1-3H3. The minimum absolute atomic E-state index is 0.162. The lowest BCUT2D eigenvalue weighted by molar-refractivity contribution is 0.490. The van der Waals surface area contributed by atoms with Crippen LogP contribution in [0.2, 0.25) is 0 Å². The molecule has 0 spiro atoms. The molecular weight excluding hydrogens is 250 g/mol. The van der Waals surface area contributed by atoms with E-state index in [1.807, 2.05) is 13.8 Å². The average molecular weight is 266 g/mol. The zero-order valence-corrected chi connectivity index (χ0v) is 11.1. The highest BCUT2D eigenvalue weighted by atomic mass is 19.1. The molecule has 0 aliphatic heterocycles. The maximum atomic E-state index is 13.9. The summed E-state index contributed by atoms with van der Waals surface area (Å²) >= 11 is 0. The fourth-order valence-electron chi connectivity index (χ4n) is 2.30. The Kier molecular flexibility index (Phi) is 3.68. The maximum absolute atomic E-state index is 13.9. The van der Waals surface area contributed by atoms with Crippen LogP contribution in [0.15, 0.2) is 22.6 Å². The minimum Gasteiger partial charge on any atom is -0.466 e. The number of furan rings is 1. The van der Waals surface area contributed by atoms with Crippen LogP contribution in [0.5, 0.6) is 0 Å². The summed E-state index contributed by atoms with van der Waals surface area (Å²) in [6.07, 6.45) is 0. The zero-order chi connectivity index (χ0) is 14.2. The Balaban J connectivity index is 2.59. The maximum Gasteiger partial charge on any atom is 0.128 e. The quantitative estimate of drug-likeness (QED) is 0.663. The summed E-state index contributed by atoms with van der Waals surface area (Å²) in [5.41, 5.74) is 4.31. The van der Waals surface area contributed by atoms with Gasteiger partial charge >= 0.3 is 0 Å². The molecule has 0 amide bonds. The highest BCUT2D eigenvalue weighted by Gasteiger charge is 2.24. The van der Waals surface area contributed by atoms with E-state index in [0.717, 1.165) is 35.1 Å². The number of hydrogen-bond acceptors (Lipinski definition) is 3. The third-order valence-corrected chi connectivity index (χ3v) is 3.34. The van der Waals surface area contributed by atoms with Crippen molar-refractivity contribution in [3.05, 3.63) is 58.0 Å². The van der Waals surface area contributed by atoms with Gasteiger partial charge in [-0.2, -0.15) is 0 Å². The molecule has 102 valence electrons. The van der Waals surface area contributed by atoms with Gasteiger partial charge in [0.1, 0.15) is 23.2 Å². The molecule has 0 aliphatic rings. The molecule has 3 nitrogen and oxygen atoms in total. The normalized spacial score (nSPS) is 12.7. The van der Waals surface area contributed by atoms with E-state index in [-0.39, 0.29) is 5.56 Å². The molecule has 19 heavy (non-hydrogen) atoms. The van der Waals surface area contributed by atoms with Crippen LogP contribution >= 0.6 is 0 Å². The first-order chi connectivity index (χ1) is 8.95. The van der Waals surface area contributed by atoms with Crippen molar-refractivity contribution in [1.29, 1.82) is 0 Å². The molecule has 0 saturated carbocycles. The largest absolute Gasteiger partial charge is 0.466 e. The van der Waals surface area contributed by atoms with E-state index in [4.69, 9.17) is 10.3 Å². The Morgan fingerprint density at radius 1 is 1.16 bits per heavy atom. The molecule has 1 atom stereocenters. The van der Waals surface area contributed by atoms with Gasteiger partial charge in [0, 0.05) is 11.1 Å². The van der Waals surface area contributed by atoms with E-state index in [1.54, 1.807) is 6.92 Å². The molecule has 3 N–H and O–H groups in total. The van der Waals surface area contributed by atoms with Crippen LogP contribution in [0, 0.1) is 32.4 Å². The number of nitrogens with two attached hydrogens (primary N) is 1. The van der Waals surface area contributed by atoms with E-state index in [0.29, 0.717) is 5.76 Å². The third-order valence-electron chi connectivity index (χ3n) is 3.34. The van der Waals surface area contributed by atoms with Gasteiger partial charge in [0.05, 0.1) is 6.04 Å². The van der Waals surface area contributed by atoms with Gasteiger partial charge in [-0.15, -0.1) is 0 Å². The summed E-state index contributed by atoms with van der Waals surface area (Å²) in [7, 11) is 0. The number of hydrazine groups is 1.